The molecule has 0 aromatic heterocycles. The molecule has 0 radical (unpaired) electrons. The quantitative estimate of drug-likeness (QED) is 0.443. The molecule has 0 saturated heterocycles. The van der Waals surface area contributed by atoms with Gasteiger partial charge in [-0.3, -0.25) is 0 Å². The zero-order valence-electron chi connectivity index (χ0n) is 13.2. The Morgan fingerprint density at radius 1 is 0.571 bits per heavy atom. The van der Waals surface area contributed by atoms with Crippen LogP contribution in [0.1, 0.15) is 27.7 Å². The molecule has 0 heterocycles. The number of rotatable bonds is 4. The number of quaternary nitrogens is 2. The predicted octanol–water partition coefficient (Wildman–Crippen LogP) is -3.05. The topological polar surface area (TPSA) is 18.5 Å². The van der Waals surface area contributed by atoms with Gasteiger partial charge in [-0.05, 0) is 55.9 Å². The summed E-state index contributed by atoms with van der Waals surface area (Å²) in [5.41, 5.74) is 0. The third kappa shape index (κ3) is 261. The van der Waals surface area contributed by atoms with Crippen LogP contribution in [0, 0.1) is 0 Å². The van der Waals surface area contributed by atoms with E-state index < -0.39 is 0 Å². The number of hydrogen-bond donors (Lipinski definition) is 0. The van der Waals surface area contributed by atoms with Crippen LogP contribution >= 0.6 is 0 Å². The van der Waals surface area contributed by atoms with Crippen LogP contribution in [-0.4, -0.2) is 144 Å². The Bertz CT molecular complexity index is 134. The molecule has 4 nitrogen and oxygen atoms in total. The Labute approximate surface area is 179 Å². The molecule has 0 aliphatic heterocycles. The minimum absolute atomic E-state index is 0. The van der Waals surface area contributed by atoms with Crippen LogP contribution in [-0.2, 0) is 9.47 Å². The molecule has 0 aromatic rings. The Hall–Kier alpha value is 1.67. The van der Waals surface area contributed by atoms with Gasteiger partial charge in [-0.2, -0.15) is 0 Å². The molecule has 0 aromatic carbocycles. The summed E-state index contributed by atoms with van der Waals surface area (Å²) in [5, 5.41) is 0. The maximum absolute atomic E-state index is 4.83. The maximum Gasteiger partial charge on any atom is 2.00 e. The fourth-order valence-electron chi connectivity index (χ4n) is 0.408. The van der Waals surface area contributed by atoms with Crippen LogP contribution in [0.5, 0.6) is 0 Å². The first kappa shape index (κ1) is 34.1. The van der Waals surface area contributed by atoms with Crippen molar-refractivity contribution in [2.45, 2.75) is 27.7 Å². The number of nitrogens with zero attached hydrogens (tertiary/aromatic N) is 2. The predicted molar refractivity (Wildman–Crippen MR) is 114 cm³/mol. The van der Waals surface area contributed by atoms with Gasteiger partial charge in [0.05, 0.1) is 0 Å². The minimum Gasteiger partial charge on any atom is -0.741 e. The van der Waals surface area contributed by atoms with E-state index in [9.17, 15) is 0 Å². The van der Waals surface area contributed by atoms with Crippen LogP contribution in [0.25, 0.3) is 0 Å². The molecule has 0 saturated carbocycles. The molecule has 0 amide bonds. The molecule has 0 atom stereocenters. The van der Waals surface area contributed by atoms with Crippen LogP contribution in [0.3, 0.4) is 0 Å². The largest absolute Gasteiger partial charge is 2.00 e. The van der Waals surface area contributed by atoms with Gasteiger partial charge in [0.2, 0.25) is 0 Å². The van der Waals surface area contributed by atoms with Crippen LogP contribution in [0.2, 0.25) is 0 Å². The van der Waals surface area contributed by atoms with Crippen molar-refractivity contribution in [3.05, 3.63) is 0 Å². The van der Waals surface area contributed by atoms with Gasteiger partial charge in [0, 0.05) is 26.4 Å². The second-order valence-corrected chi connectivity index (χ2v) is 2.46. The normalized spacial score (nSPS) is 9.71. The van der Waals surface area contributed by atoms with E-state index in [1.165, 1.54) is 8.61 Å². The fraction of sp³-hybridized carbons (Fsp3) is 1.00. The third-order valence-corrected chi connectivity index (χ3v) is 0.816. The number of ether oxygens (including phenoxy) is 2. The molecule has 128 valence electrons. The van der Waals surface area contributed by atoms with E-state index in [0.717, 1.165) is 26.4 Å². The van der Waals surface area contributed by atoms with Crippen molar-refractivity contribution in [1.82, 2.24) is 0 Å². The van der Waals surface area contributed by atoms with Gasteiger partial charge in [-0.15, -0.1) is 0 Å². The maximum atomic E-state index is 4.83. The van der Waals surface area contributed by atoms with E-state index in [-0.39, 0.29) is 48.9 Å². The summed E-state index contributed by atoms with van der Waals surface area (Å²) in [6.45, 7) is 11.3. The SMILES string of the molecule is CCOCC.CCOCC.[BH3-][N+]([BH3-])(C)C.[BH3-][N+]([BH3-])(C)C.[Ba+2]. The molecule has 0 fully saturated rings. The second-order valence-electron chi connectivity index (χ2n) is 2.46. The molecule has 0 aliphatic rings. The van der Waals surface area contributed by atoms with E-state index in [1.807, 2.05) is 27.7 Å². The zero-order valence-corrected chi connectivity index (χ0v) is 17.7. The first-order valence-corrected chi connectivity index (χ1v) is 5.77. The van der Waals surface area contributed by atoms with E-state index in [2.05, 4.69) is 28.2 Å². The average molecular weight is 429 g/mol. The fourth-order valence-corrected chi connectivity index (χ4v) is 0.408. The molecular formula is C12H44B4BaN2O2. The van der Waals surface area contributed by atoms with Crippen LogP contribution < -0.4 is 0 Å². The molecule has 0 spiro atoms. The van der Waals surface area contributed by atoms with Crippen molar-refractivity contribution in [3.63, 3.8) is 0 Å². The summed E-state index contributed by atoms with van der Waals surface area (Å²) in [6.07, 6.45) is 0. The van der Waals surface area contributed by atoms with Gasteiger partial charge in [0.15, 0.2) is 0 Å². The van der Waals surface area contributed by atoms with E-state index in [0.29, 0.717) is 31.9 Å². The standard InChI is InChI=1S/2C4H10O.2C2H12B2N.Ba/c2*1-3-5-4-2;2*1-5(2,3)4;/h2*3-4H2,1-2H3;2*1-4H3;/q;;2*-1;+2. The summed E-state index contributed by atoms with van der Waals surface area (Å²) >= 11 is 0. The Balaban J connectivity index is -0.0000000533. The Kier molecular flexibility index (Phi) is 38.9. The van der Waals surface area contributed by atoms with Crippen molar-refractivity contribution in [2.75, 3.05) is 54.6 Å². The van der Waals surface area contributed by atoms with Crippen molar-refractivity contribution in [3.8, 4) is 0 Å². The molecular weight excluding hydrogens is 385 g/mol. The average Bonchev–Trinajstić information content (AvgIpc) is 2.15. The van der Waals surface area contributed by atoms with E-state index in [1.54, 1.807) is 0 Å². The monoisotopic (exact) mass is 430 g/mol. The van der Waals surface area contributed by atoms with E-state index >= 15 is 0 Å². The summed E-state index contributed by atoms with van der Waals surface area (Å²) in [6, 6.07) is 0. The second kappa shape index (κ2) is 23.9. The summed E-state index contributed by atoms with van der Waals surface area (Å²) < 4.78 is 12.7. The molecule has 0 N–H and O–H groups in total. The molecule has 0 unspecified atom stereocenters. The zero-order chi connectivity index (χ0) is 17.2. The van der Waals surface area contributed by atoms with Crippen molar-refractivity contribution in [2.24, 2.45) is 0 Å². The van der Waals surface area contributed by atoms with Gasteiger partial charge in [0.25, 0.3) is 0 Å². The van der Waals surface area contributed by atoms with Gasteiger partial charge >= 0.3 is 48.9 Å². The van der Waals surface area contributed by atoms with Crippen LogP contribution in [0.4, 0.5) is 0 Å². The number of hydrogen-bond acceptors (Lipinski definition) is 2. The Morgan fingerprint density at radius 2 is 0.667 bits per heavy atom. The molecule has 0 aliphatic carbocycles. The van der Waals surface area contributed by atoms with Gasteiger partial charge in [-0.1, -0.05) is 0 Å². The summed E-state index contributed by atoms with van der Waals surface area (Å²) in [7, 11) is 12.0. The molecule has 21 heavy (non-hydrogen) atoms. The minimum atomic E-state index is 0. The summed E-state index contributed by atoms with van der Waals surface area (Å²) in [4.78, 5) is 0. The van der Waals surface area contributed by atoms with Crippen LogP contribution in [0.15, 0.2) is 0 Å². The third-order valence-electron chi connectivity index (χ3n) is 0.816. The van der Waals surface area contributed by atoms with Crippen molar-refractivity contribution < 1.29 is 18.1 Å². The molecule has 9 heteroatoms. The first-order valence-electron chi connectivity index (χ1n) is 5.77. The smallest absolute Gasteiger partial charge is 0.741 e. The van der Waals surface area contributed by atoms with Crippen molar-refractivity contribution >= 4 is 80.8 Å². The van der Waals surface area contributed by atoms with Gasteiger partial charge in [0.1, 0.15) is 31.9 Å². The molecule has 0 rings (SSSR count). The van der Waals surface area contributed by atoms with E-state index in [4.69, 9.17) is 9.47 Å². The molecule has 0 bridgehead atoms. The summed E-state index contributed by atoms with van der Waals surface area (Å²) in [5.74, 6) is 0. The first-order chi connectivity index (χ1) is 8.83. The van der Waals surface area contributed by atoms with Crippen molar-refractivity contribution in [1.29, 1.82) is 0 Å². The van der Waals surface area contributed by atoms with Gasteiger partial charge in [-0.25, -0.2) is 0 Å². The van der Waals surface area contributed by atoms with Gasteiger partial charge < -0.3 is 18.1 Å². The Morgan fingerprint density at radius 3 is 0.667 bits per heavy atom.